The average molecular weight is 250 g/mol. The number of methoxy groups -OCH3 is 1. The Bertz CT molecular complexity index is 405. The van der Waals surface area contributed by atoms with Crippen molar-refractivity contribution in [3.8, 4) is 0 Å². The minimum absolute atomic E-state index is 0.0623. The van der Waals surface area contributed by atoms with Gasteiger partial charge < -0.3 is 20.1 Å². The number of rotatable bonds is 3. The van der Waals surface area contributed by atoms with E-state index in [1.165, 1.54) is 7.11 Å². The zero-order chi connectivity index (χ0) is 13.0. The summed E-state index contributed by atoms with van der Waals surface area (Å²) in [5, 5.41) is 11.8. The van der Waals surface area contributed by atoms with Crippen molar-refractivity contribution >= 4 is 11.8 Å². The first-order valence-corrected chi connectivity index (χ1v) is 6.02. The molecule has 1 saturated heterocycles. The van der Waals surface area contributed by atoms with Gasteiger partial charge in [-0.05, 0) is 24.1 Å². The number of carbonyl (C=O) groups excluding carboxylic acids is 1. The highest BCUT2D eigenvalue weighted by Crippen LogP contribution is 2.20. The molecular formula is C13H18N2O3. The van der Waals surface area contributed by atoms with E-state index in [4.69, 9.17) is 5.11 Å². The molecule has 1 aromatic carbocycles. The number of aliphatic hydroxyl groups excluding tert-OH is 1. The first-order chi connectivity index (χ1) is 8.72. The summed E-state index contributed by atoms with van der Waals surface area (Å²) in [5.74, 6) is 0. The fourth-order valence-corrected chi connectivity index (χ4v) is 2.15. The Labute approximate surface area is 106 Å². The van der Waals surface area contributed by atoms with Crippen LogP contribution in [-0.4, -0.2) is 37.4 Å². The van der Waals surface area contributed by atoms with Gasteiger partial charge in [0.1, 0.15) is 0 Å². The molecule has 18 heavy (non-hydrogen) atoms. The van der Waals surface area contributed by atoms with Gasteiger partial charge in [-0.3, -0.25) is 0 Å². The number of benzene rings is 1. The van der Waals surface area contributed by atoms with Crippen molar-refractivity contribution in [3.63, 3.8) is 0 Å². The standard InChI is InChI=1S/C13H18N2O3/c1-18-13(17)14-11-6-7-15(8-11)12-4-2-10(9-16)3-5-12/h2-5,11,16H,6-9H2,1H3,(H,14,17). The molecule has 0 bridgehead atoms. The van der Waals surface area contributed by atoms with E-state index in [2.05, 4.69) is 15.0 Å². The van der Waals surface area contributed by atoms with Crippen molar-refractivity contribution in [3.05, 3.63) is 29.8 Å². The van der Waals surface area contributed by atoms with Crippen molar-refractivity contribution < 1.29 is 14.6 Å². The van der Waals surface area contributed by atoms with Crippen LogP contribution < -0.4 is 10.2 Å². The minimum Gasteiger partial charge on any atom is -0.453 e. The van der Waals surface area contributed by atoms with Gasteiger partial charge >= 0.3 is 6.09 Å². The first-order valence-electron chi connectivity index (χ1n) is 6.02. The highest BCUT2D eigenvalue weighted by Gasteiger charge is 2.24. The highest BCUT2D eigenvalue weighted by molar-refractivity contribution is 5.67. The Balaban J connectivity index is 1.93. The molecule has 1 heterocycles. The van der Waals surface area contributed by atoms with E-state index in [9.17, 15) is 4.79 Å². The summed E-state index contributed by atoms with van der Waals surface area (Å²) in [5.41, 5.74) is 2.02. The third-order valence-corrected chi connectivity index (χ3v) is 3.18. The van der Waals surface area contributed by atoms with Crippen LogP contribution in [0.5, 0.6) is 0 Å². The monoisotopic (exact) mass is 250 g/mol. The molecule has 1 fully saturated rings. The van der Waals surface area contributed by atoms with Gasteiger partial charge in [0.05, 0.1) is 19.8 Å². The SMILES string of the molecule is COC(=O)NC1CCN(c2ccc(CO)cc2)C1. The number of aliphatic hydroxyl groups is 1. The van der Waals surface area contributed by atoms with Crippen LogP contribution in [0, 0.1) is 0 Å². The third kappa shape index (κ3) is 2.92. The second-order valence-electron chi connectivity index (χ2n) is 4.39. The number of amides is 1. The molecule has 2 N–H and O–H groups in total. The van der Waals surface area contributed by atoms with Crippen LogP contribution in [0.1, 0.15) is 12.0 Å². The van der Waals surface area contributed by atoms with Crippen molar-refractivity contribution in [2.45, 2.75) is 19.1 Å². The molecule has 1 aromatic rings. The molecule has 1 atom stereocenters. The molecular weight excluding hydrogens is 232 g/mol. The van der Waals surface area contributed by atoms with Crippen molar-refractivity contribution in [2.24, 2.45) is 0 Å². The number of nitrogens with zero attached hydrogens (tertiary/aromatic N) is 1. The Kier molecular flexibility index (Phi) is 4.04. The molecule has 2 rings (SSSR count). The van der Waals surface area contributed by atoms with E-state index in [1.54, 1.807) is 0 Å². The zero-order valence-corrected chi connectivity index (χ0v) is 10.4. The fraction of sp³-hybridized carbons (Fsp3) is 0.462. The highest BCUT2D eigenvalue weighted by atomic mass is 16.5. The quantitative estimate of drug-likeness (QED) is 0.843. The molecule has 0 spiro atoms. The Morgan fingerprint density at radius 2 is 2.22 bits per heavy atom. The van der Waals surface area contributed by atoms with Gasteiger partial charge in [-0.15, -0.1) is 0 Å². The number of alkyl carbamates (subject to hydrolysis) is 1. The lowest BCUT2D eigenvalue weighted by Gasteiger charge is -2.19. The van der Waals surface area contributed by atoms with Gasteiger partial charge in [-0.1, -0.05) is 12.1 Å². The van der Waals surface area contributed by atoms with Gasteiger partial charge in [-0.25, -0.2) is 4.79 Å². The maximum atomic E-state index is 11.1. The van der Waals surface area contributed by atoms with E-state index in [0.29, 0.717) is 0 Å². The van der Waals surface area contributed by atoms with Crippen LogP contribution >= 0.6 is 0 Å². The van der Waals surface area contributed by atoms with Gasteiger partial charge in [0, 0.05) is 18.8 Å². The van der Waals surface area contributed by atoms with Crippen molar-refractivity contribution in [1.29, 1.82) is 0 Å². The number of nitrogens with one attached hydrogen (secondary N) is 1. The van der Waals surface area contributed by atoms with Crippen molar-refractivity contribution in [2.75, 3.05) is 25.1 Å². The van der Waals surface area contributed by atoms with Gasteiger partial charge in [0.15, 0.2) is 0 Å². The molecule has 1 aliphatic rings. The van der Waals surface area contributed by atoms with E-state index in [1.807, 2.05) is 24.3 Å². The summed E-state index contributed by atoms with van der Waals surface area (Å²) in [7, 11) is 1.37. The summed E-state index contributed by atoms with van der Waals surface area (Å²) in [6.07, 6.45) is 0.536. The molecule has 1 unspecified atom stereocenters. The van der Waals surface area contributed by atoms with E-state index in [-0.39, 0.29) is 18.7 Å². The van der Waals surface area contributed by atoms with Gasteiger partial charge in [0.25, 0.3) is 0 Å². The Hall–Kier alpha value is -1.75. The number of hydrogen-bond donors (Lipinski definition) is 2. The molecule has 1 amide bonds. The average Bonchev–Trinajstić information content (AvgIpc) is 2.87. The summed E-state index contributed by atoms with van der Waals surface area (Å²) in [6.45, 7) is 1.76. The van der Waals surface area contributed by atoms with Crippen LogP contribution in [0.15, 0.2) is 24.3 Å². The zero-order valence-electron chi connectivity index (χ0n) is 10.4. The topological polar surface area (TPSA) is 61.8 Å². The second kappa shape index (κ2) is 5.73. The molecule has 1 aliphatic heterocycles. The van der Waals surface area contributed by atoms with Crippen molar-refractivity contribution in [1.82, 2.24) is 5.32 Å². The maximum absolute atomic E-state index is 11.1. The van der Waals surface area contributed by atoms with Crippen LogP contribution in [0.3, 0.4) is 0 Å². The number of carbonyl (C=O) groups is 1. The van der Waals surface area contributed by atoms with E-state index in [0.717, 1.165) is 30.8 Å². The lowest BCUT2D eigenvalue weighted by Crippen LogP contribution is -2.36. The van der Waals surface area contributed by atoms with Crippen LogP contribution in [0.25, 0.3) is 0 Å². The normalized spacial score (nSPS) is 18.8. The number of ether oxygens (including phenoxy) is 1. The summed E-state index contributed by atoms with van der Waals surface area (Å²) >= 11 is 0. The summed E-state index contributed by atoms with van der Waals surface area (Å²) < 4.78 is 4.59. The lowest BCUT2D eigenvalue weighted by molar-refractivity contribution is 0.167. The third-order valence-electron chi connectivity index (χ3n) is 3.18. The number of anilines is 1. The molecule has 0 aliphatic carbocycles. The summed E-state index contributed by atoms with van der Waals surface area (Å²) in [4.78, 5) is 13.3. The smallest absolute Gasteiger partial charge is 0.407 e. The second-order valence-corrected chi connectivity index (χ2v) is 4.39. The van der Waals surface area contributed by atoms with E-state index < -0.39 is 0 Å². The largest absolute Gasteiger partial charge is 0.453 e. The predicted molar refractivity (Wildman–Crippen MR) is 68.5 cm³/mol. The number of hydrogen-bond acceptors (Lipinski definition) is 4. The summed E-state index contributed by atoms with van der Waals surface area (Å²) in [6, 6.07) is 7.94. The lowest BCUT2D eigenvalue weighted by atomic mass is 10.2. The van der Waals surface area contributed by atoms with Gasteiger partial charge in [-0.2, -0.15) is 0 Å². The molecule has 98 valence electrons. The fourth-order valence-electron chi connectivity index (χ4n) is 2.15. The molecule has 0 radical (unpaired) electrons. The van der Waals surface area contributed by atoms with Crippen LogP contribution in [-0.2, 0) is 11.3 Å². The maximum Gasteiger partial charge on any atom is 0.407 e. The first kappa shape index (κ1) is 12.7. The predicted octanol–water partition coefficient (Wildman–Crippen LogP) is 1.11. The molecule has 0 saturated carbocycles. The van der Waals surface area contributed by atoms with Crippen LogP contribution in [0.4, 0.5) is 10.5 Å². The minimum atomic E-state index is -0.377. The molecule has 5 heteroatoms. The van der Waals surface area contributed by atoms with Crippen LogP contribution in [0.2, 0.25) is 0 Å². The Morgan fingerprint density at radius 1 is 1.50 bits per heavy atom. The Morgan fingerprint density at radius 3 is 2.83 bits per heavy atom. The molecule has 5 nitrogen and oxygen atoms in total. The van der Waals surface area contributed by atoms with E-state index >= 15 is 0 Å². The molecule has 0 aromatic heterocycles. The van der Waals surface area contributed by atoms with Gasteiger partial charge in [0.2, 0.25) is 0 Å².